The van der Waals surface area contributed by atoms with E-state index in [1.165, 1.54) is 0 Å². The summed E-state index contributed by atoms with van der Waals surface area (Å²) in [5.74, 6) is -1.43. The molecule has 0 heterocycles. The third kappa shape index (κ3) is 6.93. The molecule has 0 aliphatic carbocycles. The second kappa shape index (κ2) is 6.49. The largest absolute Gasteiger partial charge is 0.480 e. The minimum absolute atomic E-state index is 0.0451. The number of carbonyl (C=O) groups is 1. The van der Waals surface area contributed by atoms with Crippen molar-refractivity contribution in [2.75, 3.05) is 12.4 Å². The molecule has 0 saturated heterocycles. The van der Waals surface area contributed by atoms with Crippen LogP contribution in [-0.2, 0) is 19.6 Å². The molecule has 0 aliphatic heterocycles. The summed E-state index contributed by atoms with van der Waals surface area (Å²) in [6.45, 7) is 8.64. The van der Waals surface area contributed by atoms with Gasteiger partial charge in [-0.2, -0.15) is 0 Å². The van der Waals surface area contributed by atoms with Crippen LogP contribution < -0.4 is 4.72 Å². The Morgan fingerprint density at radius 2 is 1.83 bits per heavy atom. The normalized spacial score (nSPS) is 14.8. The molecule has 0 aliphatic rings. The van der Waals surface area contributed by atoms with Crippen molar-refractivity contribution < 1.29 is 23.1 Å². The Balaban J connectivity index is 4.59. The van der Waals surface area contributed by atoms with Crippen LogP contribution in [0.5, 0.6) is 0 Å². The fourth-order valence-corrected chi connectivity index (χ4v) is 2.48. The highest BCUT2D eigenvalue weighted by Crippen LogP contribution is 2.20. The average molecular weight is 281 g/mol. The Hall–Kier alpha value is -0.660. The lowest BCUT2D eigenvalue weighted by Gasteiger charge is -2.27. The molecule has 0 aromatic carbocycles. The van der Waals surface area contributed by atoms with Gasteiger partial charge in [-0.3, -0.25) is 4.79 Å². The molecule has 7 heteroatoms. The minimum atomic E-state index is -3.66. The molecule has 0 spiro atoms. The smallest absolute Gasteiger partial charge is 0.322 e. The Labute approximate surface area is 109 Å². The van der Waals surface area contributed by atoms with Gasteiger partial charge in [0.15, 0.2) is 0 Å². The van der Waals surface area contributed by atoms with Crippen LogP contribution in [0.15, 0.2) is 0 Å². The Kier molecular flexibility index (Phi) is 6.25. The maximum absolute atomic E-state index is 11.7. The lowest BCUT2D eigenvalue weighted by Crippen LogP contribution is -2.50. The van der Waals surface area contributed by atoms with Gasteiger partial charge in [-0.1, -0.05) is 20.8 Å². The summed E-state index contributed by atoms with van der Waals surface area (Å²) in [7, 11) is -3.66. The van der Waals surface area contributed by atoms with E-state index in [1.807, 2.05) is 0 Å². The van der Waals surface area contributed by atoms with E-state index in [-0.39, 0.29) is 18.5 Å². The van der Waals surface area contributed by atoms with E-state index in [0.717, 1.165) is 0 Å². The van der Waals surface area contributed by atoms with Gasteiger partial charge >= 0.3 is 5.97 Å². The zero-order valence-electron chi connectivity index (χ0n) is 11.6. The van der Waals surface area contributed by atoms with Gasteiger partial charge in [-0.25, -0.2) is 13.1 Å². The molecule has 108 valence electrons. The fraction of sp³-hybridized carbons (Fsp3) is 0.909. The van der Waals surface area contributed by atoms with Crippen molar-refractivity contribution in [2.45, 2.75) is 46.8 Å². The lowest BCUT2D eigenvalue weighted by molar-refractivity contribution is -0.141. The van der Waals surface area contributed by atoms with Gasteiger partial charge in [0.05, 0.1) is 18.5 Å². The number of sulfonamides is 1. The SMILES string of the molecule is CC(C)OCCS(=O)(=O)NC(C(=O)O)C(C)(C)C. The summed E-state index contributed by atoms with van der Waals surface area (Å²) in [4.78, 5) is 11.0. The zero-order valence-corrected chi connectivity index (χ0v) is 12.4. The Bertz CT molecular complexity index is 369. The molecule has 0 bridgehead atoms. The van der Waals surface area contributed by atoms with Crippen LogP contribution >= 0.6 is 0 Å². The van der Waals surface area contributed by atoms with Gasteiger partial charge < -0.3 is 9.84 Å². The van der Waals surface area contributed by atoms with E-state index < -0.39 is 27.4 Å². The quantitative estimate of drug-likeness (QED) is 0.721. The van der Waals surface area contributed by atoms with E-state index >= 15 is 0 Å². The second-order valence-electron chi connectivity index (χ2n) is 5.49. The number of nitrogens with one attached hydrogen (secondary N) is 1. The van der Waals surface area contributed by atoms with E-state index in [4.69, 9.17) is 9.84 Å². The van der Waals surface area contributed by atoms with Crippen LogP contribution in [0, 0.1) is 5.41 Å². The first-order valence-corrected chi connectivity index (χ1v) is 7.45. The van der Waals surface area contributed by atoms with Gasteiger partial charge in [0.2, 0.25) is 10.0 Å². The van der Waals surface area contributed by atoms with Crippen molar-refractivity contribution in [1.29, 1.82) is 0 Å². The predicted octanol–water partition coefficient (Wildman–Crippen LogP) is 0.830. The molecule has 0 aromatic heterocycles. The summed E-state index contributed by atoms with van der Waals surface area (Å²) in [5.41, 5.74) is -0.697. The van der Waals surface area contributed by atoms with Crippen LogP contribution in [0.1, 0.15) is 34.6 Å². The van der Waals surface area contributed by atoms with Crippen molar-refractivity contribution in [3.05, 3.63) is 0 Å². The summed E-state index contributed by atoms with van der Waals surface area (Å²) >= 11 is 0. The molecule has 0 amide bonds. The average Bonchev–Trinajstić information content (AvgIpc) is 2.11. The molecular formula is C11H23NO5S. The number of hydrogen-bond acceptors (Lipinski definition) is 4. The maximum atomic E-state index is 11.7. The van der Waals surface area contributed by atoms with Gasteiger partial charge in [-0.05, 0) is 19.3 Å². The van der Waals surface area contributed by atoms with E-state index in [0.29, 0.717) is 0 Å². The fourth-order valence-electron chi connectivity index (χ4n) is 1.23. The zero-order chi connectivity index (χ0) is 14.6. The molecule has 0 aromatic rings. The van der Waals surface area contributed by atoms with Gasteiger partial charge in [-0.15, -0.1) is 0 Å². The maximum Gasteiger partial charge on any atom is 0.322 e. The molecule has 1 unspecified atom stereocenters. The third-order valence-corrected chi connectivity index (χ3v) is 3.51. The summed E-state index contributed by atoms with van der Waals surface area (Å²) in [6, 6.07) is -1.15. The van der Waals surface area contributed by atoms with E-state index in [2.05, 4.69) is 4.72 Å². The number of rotatable bonds is 7. The van der Waals surface area contributed by atoms with Crippen LogP contribution in [0.25, 0.3) is 0 Å². The van der Waals surface area contributed by atoms with Gasteiger partial charge in [0, 0.05) is 0 Å². The Morgan fingerprint density at radius 1 is 1.33 bits per heavy atom. The third-order valence-electron chi connectivity index (χ3n) is 2.21. The first kappa shape index (κ1) is 17.3. The lowest BCUT2D eigenvalue weighted by atomic mass is 9.88. The van der Waals surface area contributed by atoms with Crippen LogP contribution in [0.2, 0.25) is 0 Å². The standard InChI is InChI=1S/C11H23NO5S/c1-8(2)17-6-7-18(15,16)12-9(10(13)14)11(3,4)5/h8-9,12H,6-7H2,1-5H3,(H,13,14). The van der Waals surface area contributed by atoms with Gasteiger partial charge in [0.25, 0.3) is 0 Å². The second-order valence-corrected chi connectivity index (χ2v) is 7.37. The highest BCUT2D eigenvalue weighted by molar-refractivity contribution is 7.89. The first-order valence-electron chi connectivity index (χ1n) is 5.80. The molecular weight excluding hydrogens is 258 g/mol. The molecule has 18 heavy (non-hydrogen) atoms. The van der Waals surface area contributed by atoms with Crippen molar-refractivity contribution in [3.8, 4) is 0 Å². The number of ether oxygens (including phenoxy) is 1. The van der Waals surface area contributed by atoms with Crippen molar-refractivity contribution in [3.63, 3.8) is 0 Å². The number of carboxylic acids is 1. The van der Waals surface area contributed by atoms with Crippen molar-refractivity contribution in [2.24, 2.45) is 5.41 Å². The molecule has 1 atom stereocenters. The summed E-state index contributed by atoms with van der Waals surface area (Å²) in [6.07, 6.45) is -0.0573. The van der Waals surface area contributed by atoms with E-state index in [9.17, 15) is 13.2 Å². The number of hydrogen-bond donors (Lipinski definition) is 2. The van der Waals surface area contributed by atoms with Crippen LogP contribution in [-0.4, -0.2) is 44.0 Å². The highest BCUT2D eigenvalue weighted by Gasteiger charge is 2.34. The highest BCUT2D eigenvalue weighted by atomic mass is 32.2. The molecule has 0 radical (unpaired) electrons. The molecule has 0 saturated carbocycles. The number of carboxylic acid groups (broad SMARTS) is 1. The molecule has 0 rings (SSSR count). The molecule has 2 N–H and O–H groups in total. The molecule has 0 fully saturated rings. The summed E-state index contributed by atoms with van der Waals surface area (Å²) < 4.78 is 30.8. The Morgan fingerprint density at radius 3 is 2.17 bits per heavy atom. The van der Waals surface area contributed by atoms with Gasteiger partial charge in [0.1, 0.15) is 6.04 Å². The minimum Gasteiger partial charge on any atom is -0.480 e. The van der Waals surface area contributed by atoms with Crippen molar-refractivity contribution >= 4 is 16.0 Å². The topological polar surface area (TPSA) is 92.7 Å². The van der Waals surface area contributed by atoms with Crippen LogP contribution in [0.4, 0.5) is 0 Å². The van der Waals surface area contributed by atoms with E-state index in [1.54, 1.807) is 34.6 Å². The van der Waals surface area contributed by atoms with Crippen LogP contribution in [0.3, 0.4) is 0 Å². The molecule has 6 nitrogen and oxygen atoms in total. The number of aliphatic carboxylic acids is 1. The monoisotopic (exact) mass is 281 g/mol. The van der Waals surface area contributed by atoms with Crippen molar-refractivity contribution in [1.82, 2.24) is 4.72 Å². The predicted molar refractivity (Wildman–Crippen MR) is 68.9 cm³/mol. The first-order chi connectivity index (χ1) is 7.96. The summed E-state index contributed by atoms with van der Waals surface area (Å²) in [5, 5.41) is 9.03.